The van der Waals surface area contributed by atoms with Crippen LogP contribution in [0.25, 0.3) is 0 Å². The molecule has 0 unspecified atom stereocenters. The number of allylic oxidation sites excluding steroid dienone is 3. The van der Waals surface area contributed by atoms with Gasteiger partial charge >= 0.3 is 5.97 Å². The molecular formula is C9H12ClNO2. The summed E-state index contributed by atoms with van der Waals surface area (Å²) in [5.41, 5.74) is 5.97. The van der Waals surface area contributed by atoms with E-state index in [-0.39, 0.29) is 11.3 Å². The van der Waals surface area contributed by atoms with E-state index < -0.39 is 5.97 Å². The molecule has 0 aliphatic rings. The fourth-order valence-corrected chi connectivity index (χ4v) is 0.783. The topological polar surface area (TPSA) is 52.3 Å². The zero-order chi connectivity index (χ0) is 10.4. The van der Waals surface area contributed by atoms with Crippen LogP contribution in [0.4, 0.5) is 0 Å². The van der Waals surface area contributed by atoms with Crippen LogP contribution in [0.1, 0.15) is 6.92 Å². The highest BCUT2D eigenvalue weighted by Gasteiger charge is 2.12. The summed E-state index contributed by atoms with van der Waals surface area (Å²) in [6, 6.07) is 0. The van der Waals surface area contributed by atoms with Gasteiger partial charge in [0.05, 0.1) is 18.4 Å². The van der Waals surface area contributed by atoms with Crippen LogP contribution in [-0.2, 0) is 9.53 Å². The number of ether oxygens (including phenoxy) is 1. The lowest BCUT2D eigenvalue weighted by Gasteiger charge is -2.05. The molecule has 0 heterocycles. The maximum Gasteiger partial charge on any atom is 0.339 e. The number of hydrogen-bond acceptors (Lipinski definition) is 3. The van der Waals surface area contributed by atoms with E-state index in [0.29, 0.717) is 5.03 Å². The Balaban J connectivity index is 5.06. The highest BCUT2D eigenvalue weighted by Crippen LogP contribution is 2.13. The van der Waals surface area contributed by atoms with Crippen LogP contribution in [0, 0.1) is 0 Å². The van der Waals surface area contributed by atoms with E-state index in [1.807, 2.05) is 0 Å². The molecule has 0 saturated carbocycles. The molecule has 4 heteroatoms. The number of esters is 1. The Labute approximate surface area is 82.5 Å². The van der Waals surface area contributed by atoms with E-state index >= 15 is 0 Å². The predicted molar refractivity (Wildman–Crippen MR) is 53.0 cm³/mol. The van der Waals surface area contributed by atoms with Crippen LogP contribution in [0.5, 0.6) is 0 Å². The zero-order valence-electron chi connectivity index (χ0n) is 7.63. The van der Waals surface area contributed by atoms with Crippen LogP contribution in [-0.4, -0.2) is 13.1 Å². The van der Waals surface area contributed by atoms with Crippen LogP contribution >= 0.6 is 11.6 Å². The Morgan fingerprint density at radius 1 is 1.62 bits per heavy atom. The highest BCUT2D eigenvalue weighted by molar-refractivity contribution is 6.30. The van der Waals surface area contributed by atoms with E-state index in [9.17, 15) is 4.79 Å². The fraction of sp³-hybridized carbons (Fsp3) is 0.222. The van der Waals surface area contributed by atoms with Crippen molar-refractivity contribution in [3.8, 4) is 0 Å². The zero-order valence-corrected chi connectivity index (χ0v) is 8.39. The monoisotopic (exact) mass is 201 g/mol. The smallest absolute Gasteiger partial charge is 0.339 e. The number of halogens is 1. The minimum absolute atomic E-state index is 0.202. The molecule has 0 aromatic rings. The van der Waals surface area contributed by atoms with Crippen molar-refractivity contribution in [2.75, 3.05) is 7.11 Å². The van der Waals surface area contributed by atoms with E-state index in [0.717, 1.165) is 0 Å². The summed E-state index contributed by atoms with van der Waals surface area (Å²) in [6.07, 6.45) is 2.89. The Morgan fingerprint density at radius 2 is 2.15 bits per heavy atom. The first-order valence-corrected chi connectivity index (χ1v) is 3.95. The Morgan fingerprint density at radius 3 is 2.46 bits per heavy atom. The standard InChI is InChI=1S/C9H12ClNO2/c1-4-5-7(9(12)13-3)8(11)6(2)10/h4-5H,1,11H2,2-3H3/b7-5+,8-6-. The van der Waals surface area contributed by atoms with Gasteiger partial charge in [-0.25, -0.2) is 4.79 Å². The van der Waals surface area contributed by atoms with Crippen LogP contribution < -0.4 is 5.73 Å². The first-order valence-electron chi connectivity index (χ1n) is 3.57. The summed E-state index contributed by atoms with van der Waals surface area (Å²) < 4.78 is 4.51. The molecule has 0 bridgehead atoms. The van der Waals surface area contributed by atoms with Crippen molar-refractivity contribution in [1.29, 1.82) is 0 Å². The van der Waals surface area contributed by atoms with Crippen molar-refractivity contribution in [3.05, 3.63) is 35.0 Å². The Kier molecular flexibility index (Phi) is 4.92. The van der Waals surface area contributed by atoms with Gasteiger partial charge in [-0.1, -0.05) is 24.3 Å². The van der Waals surface area contributed by atoms with Crippen LogP contribution in [0.3, 0.4) is 0 Å². The molecule has 2 N–H and O–H groups in total. The number of methoxy groups -OCH3 is 1. The van der Waals surface area contributed by atoms with Gasteiger partial charge in [-0.3, -0.25) is 0 Å². The molecule has 0 fully saturated rings. The average molecular weight is 202 g/mol. The van der Waals surface area contributed by atoms with Gasteiger partial charge < -0.3 is 10.5 Å². The molecule has 0 aliphatic heterocycles. The summed E-state index contributed by atoms with van der Waals surface area (Å²) in [4.78, 5) is 11.1. The van der Waals surface area contributed by atoms with Crippen molar-refractivity contribution in [1.82, 2.24) is 0 Å². The minimum Gasteiger partial charge on any atom is -0.465 e. The second-order valence-electron chi connectivity index (χ2n) is 2.25. The molecule has 3 nitrogen and oxygen atoms in total. The highest BCUT2D eigenvalue weighted by atomic mass is 35.5. The summed E-state index contributed by atoms with van der Waals surface area (Å²) in [7, 11) is 1.27. The molecule has 72 valence electrons. The second kappa shape index (κ2) is 5.43. The number of carbonyl (C=O) groups excluding carboxylic acids is 1. The summed E-state index contributed by atoms with van der Waals surface area (Å²) in [6.45, 7) is 5.05. The molecule has 0 amide bonds. The minimum atomic E-state index is -0.530. The van der Waals surface area contributed by atoms with Gasteiger partial charge in [0, 0.05) is 5.03 Å². The lowest BCUT2D eigenvalue weighted by molar-refractivity contribution is -0.135. The SMILES string of the molecule is C=C/C=C(C(=O)OC)\C(N)=C(/C)Cl. The molecule has 0 saturated heterocycles. The average Bonchev–Trinajstić information content (AvgIpc) is 2.11. The van der Waals surface area contributed by atoms with Gasteiger partial charge in [0.2, 0.25) is 0 Å². The van der Waals surface area contributed by atoms with Gasteiger partial charge in [0.15, 0.2) is 0 Å². The Hall–Kier alpha value is -1.22. The van der Waals surface area contributed by atoms with Gasteiger partial charge in [-0.15, -0.1) is 0 Å². The van der Waals surface area contributed by atoms with Crippen molar-refractivity contribution in [2.45, 2.75) is 6.92 Å². The van der Waals surface area contributed by atoms with Gasteiger partial charge in [0.1, 0.15) is 0 Å². The Bertz CT molecular complexity index is 275. The van der Waals surface area contributed by atoms with Gasteiger partial charge in [-0.2, -0.15) is 0 Å². The number of hydrogen-bond donors (Lipinski definition) is 1. The van der Waals surface area contributed by atoms with E-state index in [1.54, 1.807) is 6.92 Å². The van der Waals surface area contributed by atoms with Gasteiger partial charge in [0.25, 0.3) is 0 Å². The quantitative estimate of drug-likeness (QED) is 0.430. The van der Waals surface area contributed by atoms with Gasteiger partial charge in [-0.05, 0) is 13.0 Å². The summed E-state index contributed by atoms with van der Waals surface area (Å²) in [5, 5.41) is 0.346. The molecule has 0 radical (unpaired) electrons. The normalized spacial score (nSPS) is 13.3. The van der Waals surface area contributed by atoms with E-state index in [4.69, 9.17) is 17.3 Å². The van der Waals surface area contributed by atoms with E-state index in [2.05, 4.69) is 11.3 Å². The fourth-order valence-electron chi connectivity index (χ4n) is 0.681. The molecule has 0 aliphatic carbocycles. The number of rotatable bonds is 3. The molecule has 0 atom stereocenters. The third kappa shape index (κ3) is 3.34. The second-order valence-corrected chi connectivity index (χ2v) is 2.82. The first kappa shape index (κ1) is 11.8. The number of nitrogens with two attached hydrogens (primary N) is 1. The van der Waals surface area contributed by atoms with Crippen molar-refractivity contribution in [2.24, 2.45) is 5.73 Å². The van der Waals surface area contributed by atoms with E-state index in [1.165, 1.54) is 19.3 Å². The third-order valence-electron chi connectivity index (χ3n) is 1.35. The largest absolute Gasteiger partial charge is 0.465 e. The predicted octanol–water partition coefficient (Wildman–Crippen LogP) is 1.70. The first-order chi connectivity index (χ1) is 6.04. The van der Waals surface area contributed by atoms with Crippen molar-refractivity contribution < 1.29 is 9.53 Å². The molecule has 0 spiro atoms. The third-order valence-corrected chi connectivity index (χ3v) is 1.55. The maximum atomic E-state index is 11.1. The summed E-state index contributed by atoms with van der Waals surface area (Å²) >= 11 is 5.63. The molecule has 0 aromatic carbocycles. The van der Waals surface area contributed by atoms with Crippen molar-refractivity contribution >= 4 is 17.6 Å². The molecular weight excluding hydrogens is 190 g/mol. The van der Waals surface area contributed by atoms with Crippen LogP contribution in [0.15, 0.2) is 35.0 Å². The molecule has 13 heavy (non-hydrogen) atoms. The molecule has 0 aromatic heterocycles. The lowest BCUT2D eigenvalue weighted by Crippen LogP contribution is -2.13. The molecule has 0 rings (SSSR count). The van der Waals surface area contributed by atoms with Crippen molar-refractivity contribution in [3.63, 3.8) is 0 Å². The number of carbonyl (C=O) groups is 1. The summed E-state index contributed by atoms with van der Waals surface area (Å²) in [5.74, 6) is -0.530. The van der Waals surface area contributed by atoms with Crippen LogP contribution in [0.2, 0.25) is 0 Å². The maximum absolute atomic E-state index is 11.1. The lowest BCUT2D eigenvalue weighted by atomic mass is 10.2.